The van der Waals surface area contributed by atoms with Crippen LogP contribution < -0.4 is 0 Å². The van der Waals surface area contributed by atoms with Crippen molar-refractivity contribution in [1.82, 2.24) is 4.90 Å². The van der Waals surface area contributed by atoms with Gasteiger partial charge in [-0.2, -0.15) is 0 Å². The number of nitrogens with zero attached hydrogens (tertiary/aromatic N) is 1. The molecule has 2 aromatic carbocycles. The number of carbonyl (C=O) groups excluding carboxylic acids is 3. The number of carbonyl (C=O) groups is 3. The molecule has 0 atom stereocenters. The summed E-state index contributed by atoms with van der Waals surface area (Å²) < 4.78 is 17.8. The van der Waals surface area contributed by atoms with Crippen molar-refractivity contribution in [2.45, 2.75) is 6.54 Å². The van der Waals surface area contributed by atoms with E-state index in [1.54, 1.807) is 30.3 Å². The number of hydrogen-bond acceptors (Lipinski definition) is 5. The predicted molar refractivity (Wildman–Crippen MR) is 101 cm³/mol. The summed E-state index contributed by atoms with van der Waals surface area (Å²) in [5.41, 5.74) is 1.52. The van der Waals surface area contributed by atoms with Gasteiger partial charge in [0.05, 0.1) is 24.1 Å². The molecule has 3 rings (SSSR count). The highest BCUT2D eigenvalue weighted by Crippen LogP contribution is 2.34. The van der Waals surface area contributed by atoms with Crippen molar-refractivity contribution in [2.24, 2.45) is 0 Å². The van der Waals surface area contributed by atoms with Gasteiger partial charge in [0.2, 0.25) is 0 Å². The lowest BCUT2D eigenvalue weighted by Crippen LogP contribution is -2.27. The molecule has 8 heteroatoms. The van der Waals surface area contributed by atoms with E-state index < -0.39 is 22.9 Å². The van der Waals surface area contributed by atoms with Crippen LogP contribution in [0.25, 0.3) is 6.08 Å². The third-order valence-corrected chi connectivity index (χ3v) is 5.11. The molecule has 0 radical (unpaired) electrons. The Morgan fingerprint density at radius 1 is 1.22 bits per heavy atom. The van der Waals surface area contributed by atoms with Crippen molar-refractivity contribution >= 4 is 46.6 Å². The lowest BCUT2D eigenvalue weighted by Gasteiger charge is -2.13. The van der Waals surface area contributed by atoms with Crippen molar-refractivity contribution < 1.29 is 23.5 Å². The molecule has 1 aliphatic heterocycles. The van der Waals surface area contributed by atoms with Crippen molar-refractivity contribution in [1.29, 1.82) is 0 Å². The van der Waals surface area contributed by atoms with Crippen LogP contribution in [0.15, 0.2) is 47.4 Å². The zero-order valence-electron chi connectivity index (χ0n) is 14.1. The van der Waals surface area contributed by atoms with Crippen LogP contribution in [0.5, 0.6) is 0 Å². The summed E-state index contributed by atoms with van der Waals surface area (Å²) in [6.45, 7) is -0.0393. The maximum absolute atomic E-state index is 13.1. The van der Waals surface area contributed by atoms with E-state index >= 15 is 0 Å². The van der Waals surface area contributed by atoms with Crippen LogP contribution in [-0.2, 0) is 16.1 Å². The summed E-state index contributed by atoms with van der Waals surface area (Å²) >= 11 is 6.78. The quantitative estimate of drug-likeness (QED) is 0.553. The van der Waals surface area contributed by atoms with E-state index in [0.29, 0.717) is 16.7 Å². The number of thioether (sulfide) groups is 1. The molecule has 1 saturated heterocycles. The Morgan fingerprint density at radius 3 is 2.56 bits per heavy atom. The van der Waals surface area contributed by atoms with Gasteiger partial charge in [0.1, 0.15) is 5.82 Å². The van der Waals surface area contributed by atoms with E-state index in [2.05, 4.69) is 4.74 Å². The smallest absolute Gasteiger partial charge is 0.337 e. The largest absolute Gasteiger partial charge is 0.465 e. The molecule has 2 amide bonds. The van der Waals surface area contributed by atoms with Crippen LogP contribution in [-0.4, -0.2) is 29.1 Å². The summed E-state index contributed by atoms with van der Waals surface area (Å²) in [4.78, 5) is 37.5. The molecule has 138 valence electrons. The first-order valence-electron chi connectivity index (χ1n) is 7.76. The highest BCUT2D eigenvalue weighted by molar-refractivity contribution is 8.18. The third kappa shape index (κ3) is 4.20. The van der Waals surface area contributed by atoms with Gasteiger partial charge in [0.25, 0.3) is 11.1 Å². The fourth-order valence-corrected chi connectivity index (χ4v) is 3.51. The Morgan fingerprint density at radius 2 is 1.93 bits per heavy atom. The SMILES string of the molecule is COC(=O)c1ccc(/C=C2\SC(=O)N(Cc3ccc(F)cc3Cl)C2=O)cc1. The molecule has 0 bridgehead atoms. The second kappa shape index (κ2) is 7.94. The highest BCUT2D eigenvalue weighted by atomic mass is 35.5. The first kappa shape index (κ1) is 19.1. The Bertz CT molecular complexity index is 959. The number of rotatable bonds is 4. The number of hydrogen-bond donors (Lipinski definition) is 0. The van der Waals surface area contributed by atoms with Crippen LogP contribution >= 0.6 is 23.4 Å². The van der Waals surface area contributed by atoms with Crippen molar-refractivity contribution in [3.63, 3.8) is 0 Å². The molecule has 27 heavy (non-hydrogen) atoms. The molecule has 5 nitrogen and oxygen atoms in total. The zero-order chi connectivity index (χ0) is 19.6. The number of esters is 1. The molecule has 2 aromatic rings. The minimum absolute atomic E-state index is 0.0393. The summed E-state index contributed by atoms with van der Waals surface area (Å²) in [6.07, 6.45) is 1.57. The first-order chi connectivity index (χ1) is 12.9. The Balaban J connectivity index is 1.79. The third-order valence-electron chi connectivity index (χ3n) is 3.85. The monoisotopic (exact) mass is 405 g/mol. The molecule has 1 fully saturated rings. The Kier molecular flexibility index (Phi) is 5.62. The number of amides is 2. The minimum Gasteiger partial charge on any atom is -0.465 e. The topological polar surface area (TPSA) is 63.7 Å². The molecular weight excluding hydrogens is 393 g/mol. The van der Waals surface area contributed by atoms with E-state index in [4.69, 9.17) is 11.6 Å². The van der Waals surface area contributed by atoms with Gasteiger partial charge in [-0.3, -0.25) is 14.5 Å². The van der Waals surface area contributed by atoms with Crippen molar-refractivity contribution in [3.8, 4) is 0 Å². The molecule has 0 saturated carbocycles. The van der Waals surface area contributed by atoms with E-state index in [1.807, 2.05) is 0 Å². The van der Waals surface area contributed by atoms with Gasteiger partial charge in [-0.15, -0.1) is 0 Å². The summed E-state index contributed by atoms with van der Waals surface area (Å²) in [6, 6.07) is 10.2. The van der Waals surface area contributed by atoms with Gasteiger partial charge < -0.3 is 4.74 Å². The van der Waals surface area contributed by atoms with Gasteiger partial charge in [-0.25, -0.2) is 9.18 Å². The first-order valence-corrected chi connectivity index (χ1v) is 8.96. The number of methoxy groups -OCH3 is 1. The maximum atomic E-state index is 13.1. The van der Waals surface area contributed by atoms with Gasteiger partial charge in [0.15, 0.2) is 0 Å². The normalized spacial score (nSPS) is 15.5. The van der Waals surface area contributed by atoms with Gasteiger partial charge >= 0.3 is 5.97 Å². The molecule has 0 unspecified atom stereocenters. The highest BCUT2D eigenvalue weighted by Gasteiger charge is 2.35. The molecule has 1 aliphatic rings. The van der Waals surface area contributed by atoms with Gasteiger partial charge in [-0.05, 0) is 53.2 Å². The zero-order valence-corrected chi connectivity index (χ0v) is 15.6. The second-order valence-electron chi connectivity index (χ2n) is 5.62. The maximum Gasteiger partial charge on any atom is 0.337 e. The van der Waals surface area contributed by atoms with Gasteiger partial charge in [-0.1, -0.05) is 29.8 Å². The van der Waals surface area contributed by atoms with E-state index in [9.17, 15) is 18.8 Å². The van der Waals surface area contributed by atoms with E-state index in [-0.39, 0.29) is 16.5 Å². The summed E-state index contributed by atoms with van der Waals surface area (Å²) in [7, 11) is 1.29. The molecule has 0 N–H and O–H groups in total. The Labute approximate surface area is 163 Å². The number of ether oxygens (including phenoxy) is 1. The fourth-order valence-electron chi connectivity index (χ4n) is 2.44. The number of imide groups is 1. The summed E-state index contributed by atoms with van der Waals surface area (Å²) in [5, 5.41) is -0.283. The van der Waals surface area contributed by atoms with Crippen molar-refractivity contribution in [3.05, 3.63) is 74.9 Å². The molecule has 0 aromatic heterocycles. The lowest BCUT2D eigenvalue weighted by atomic mass is 10.1. The van der Waals surface area contributed by atoms with Crippen LogP contribution in [0.4, 0.5) is 9.18 Å². The second-order valence-corrected chi connectivity index (χ2v) is 7.02. The predicted octanol–water partition coefficient (Wildman–Crippen LogP) is 4.50. The molecule has 0 aliphatic carbocycles. The average Bonchev–Trinajstić information content (AvgIpc) is 2.91. The van der Waals surface area contributed by atoms with E-state index in [1.165, 1.54) is 19.2 Å². The molecular formula is C19H13ClFNO4S. The van der Waals surface area contributed by atoms with E-state index in [0.717, 1.165) is 22.7 Å². The summed E-state index contributed by atoms with van der Waals surface area (Å²) in [5.74, 6) is -1.41. The van der Waals surface area contributed by atoms with Crippen LogP contribution in [0, 0.1) is 5.82 Å². The van der Waals surface area contributed by atoms with Crippen LogP contribution in [0.3, 0.4) is 0 Å². The number of benzene rings is 2. The van der Waals surface area contributed by atoms with Crippen LogP contribution in [0.2, 0.25) is 5.02 Å². The molecule has 1 heterocycles. The van der Waals surface area contributed by atoms with Crippen molar-refractivity contribution in [2.75, 3.05) is 7.11 Å². The van der Waals surface area contributed by atoms with Crippen LogP contribution in [0.1, 0.15) is 21.5 Å². The minimum atomic E-state index is -0.492. The number of halogens is 2. The average molecular weight is 406 g/mol. The molecule has 0 spiro atoms. The van der Waals surface area contributed by atoms with Gasteiger partial charge in [0, 0.05) is 5.02 Å². The lowest BCUT2D eigenvalue weighted by molar-refractivity contribution is -0.123. The standard InChI is InChI=1S/C19H13ClFNO4S/c1-26-18(24)12-4-2-11(3-5-12)8-16-17(23)22(19(25)27-16)10-13-6-7-14(21)9-15(13)20/h2-9H,10H2,1H3/b16-8-. The Hall–Kier alpha value is -2.64. The fraction of sp³-hybridized carbons (Fsp3) is 0.105.